The van der Waals surface area contributed by atoms with Gasteiger partial charge in [-0.1, -0.05) is 24.3 Å². The second kappa shape index (κ2) is 8.46. The Kier molecular flexibility index (Phi) is 5.98. The van der Waals surface area contributed by atoms with Gasteiger partial charge in [0.05, 0.1) is 12.1 Å². The van der Waals surface area contributed by atoms with Crippen LogP contribution < -0.4 is 10.9 Å². The highest BCUT2D eigenvalue weighted by Gasteiger charge is 2.25. The molecule has 0 saturated carbocycles. The van der Waals surface area contributed by atoms with Crippen LogP contribution in [0.4, 0.5) is 4.39 Å². The quantitative estimate of drug-likeness (QED) is 0.519. The lowest BCUT2D eigenvalue weighted by Crippen LogP contribution is -2.32. The van der Waals surface area contributed by atoms with Crippen molar-refractivity contribution in [1.82, 2.24) is 14.7 Å². The summed E-state index contributed by atoms with van der Waals surface area (Å²) < 4.78 is 14.6. The fourth-order valence-corrected chi connectivity index (χ4v) is 3.40. The maximum Gasteiger partial charge on any atom is 0.271 e. The van der Waals surface area contributed by atoms with Gasteiger partial charge in [0.2, 0.25) is 0 Å². The van der Waals surface area contributed by atoms with Gasteiger partial charge in [0.1, 0.15) is 16.9 Å². The summed E-state index contributed by atoms with van der Waals surface area (Å²) in [6.45, 7) is 6.99. The number of amides is 1. The zero-order chi connectivity index (χ0) is 22.0. The van der Waals surface area contributed by atoms with E-state index in [2.05, 4.69) is 16.9 Å². The molecule has 0 aromatic carbocycles. The van der Waals surface area contributed by atoms with Gasteiger partial charge < -0.3 is 15.5 Å². The highest BCUT2D eigenvalue weighted by Crippen LogP contribution is 2.33. The smallest absolute Gasteiger partial charge is 0.271 e. The van der Waals surface area contributed by atoms with E-state index in [-0.39, 0.29) is 24.5 Å². The molecule has 0 unspecified atom stereocenters. The number of pyridine rings is 2. The van der Waals surface area contributed by atoms with Gasteiger partial charge in [-0.15, -0.1) is 0 Å². The average Bonchev–Trinajstić information content (AvgIpc) is 3.08. The first-order chi connectivity index (χ1) is 14.3. The number of aryl methyl sites for hydroxylation is 1. The van der Waals surface area contributed by atoms with Crippen LogP contribution in [0.3, 0.4) is 0 Å². The Labute approximate surface area is 171 Å². The number of nitrogens with zero attached hydrogens (tertiary/aromatic N) is 2. The molecule has 0 aliphatic heterocycles. The van der Waals surface area contributed by atoms with Crippen molar-refractivity contribution in [2.45, 2.75) is 20.3 Å². The number of carbonyl (C=O) groups excluding carboxylic acids is 1. The van der Waals surface area contributed by atoms with Crippen molar-refractivity contribution in [2.75, 3.05) is 13.2 Å². The van der Waals surface area contributed by atoms with E-state index >= 15 is 0 Å². The van der Waals surface area contributed by atoms with Crippen molar-refractivity contribution in [3.05, 3.63) is 75.6 Å². The Morgan fingerprint density at radius 3 is 2.80 bits per heavy atom. The number of carbonyl (C=O) groups is 1. The number of rotatable bonds is 7. The molecule has 0 spiro atoms. The van der Waals surface area contributed by atoms with E-state index in [0.717, 1.165) is 16.5 Å². The molecule has 0 aliphatic carbocycles. The van der Waals surface area contributed by atoms with Crippen LogP contribution in [0.5, 0.6) is 5.75 Å². The SMILES string of the molecule is C=C(C=CC(F)=CC)Cc1cnc2c(O)c(C(=O)NCCO)c(=O)n3cc(C)c1c23. The molecule has 3 aromatic rings. The van der Waals surface area contributed by atoms with E-state index in [4.69, 9.17) is 5.11 Å². The maximum atomic E-state index is 13.3. The molecule has 3 aromatic heterocycles. The van der Waals surface area contributed by atoms with Crippen molar-refractivity contribution in [2.24, 2.45) is 0 Å². The molecule has 0 fully saturated rings. The lowest BCUT2D eigenvalue weighted by molar-refractivity contribution is 0.0940. The van der Waals surface area contributed by atoms with Crippen molar-refractivity contribution < 1.29 is 19.4 Å². The molecule has 7 nitrogen and oxygen atoms in total. The van der Waals surface area contributed by atoms with Gasteiger partial charge in [-0.25, -0.2) is 4.39 Å². The van der Waals surface area contributed by atoms with Gasteiger partial charge in [0.15, 0.2) is 5.75 Å². The standard InChI is InChI=1S/C22H22FN3O4/c1-4-15(23)6-5-12(2)9-14-10-25-18-19-16(14)13(3)11-26(19)22(30)17(20(18)28)21(29)24-7-8-27/h4-6,10-11,27-28H,2,7-9H2,1,3H3,(H,24,29). The monoisotopic (exact) mass is 411 g/mol. The third kappa shape index (κ3) is 3.69. The van der Waals surface area contributed by atoms with Crippen molar-refractivity contribution >= 4 is 22.3 Å². The van der Waals surface area contributed by atoms with Crippen molar-refractivity contribution in [3.8, 4) is 5.75 Å². The predicted octanol–water partition coefficient (Wildman–Crippen LogP) is 2.55. The van der Waals surface area contributed by atoms with Gasteiger partial charge in [-0.2, -0.15) is 0 Å². The Balaban J connectivity index is 2.14. The first kappa shape index (κ1) is 21.2. The van der Waals surface area contributed by atoms with Crippen LogP contribution in [0.2, 0.25) is 0 Å². The number of aromatic hydroxyl groups is 1. The minimum Gasteiger partial charge on any atom is -0.505 e. The molecular weight excluding hydrogens is 389 g/mol. The predicted molar refractivity (Wildman–Crippen MR) is 113 cm³/mol. The summed E-state index contributed by atoms with van der Waals surface area (Å²) in [5, 5.41) is 22.6. The number of hydrogen-bond acceptors (Lipinski definition) is 5. The third-order valence-corrected chi connectivity index (χ3v) is 4.78. The molecule has 0 atom stereocenters. The van der Waals surface area contributed by atoms with Gasteiger partial charge in [-0.3, -0.25) is 19.0 Å². The van der Waals surface area contributed by atoms with Crippen LogP contribution >= 0.6 is 0 Å². The molecular formula is C22H22FN3O4. The summed E-state index contributed by atoms with van der Waals surface area (Å²) >= 11 is 0. The molecule has 3 N–H and O–H groups in total. The number of aliphatic hydroxyl groups is 1. The summed E-state index contributed by atoms with van der Waals surface area (Å²) in [7, 11) is 0. The molecule has 8 heteroatoms. The first-order valence-corrected chi connectivity index (χ1v) is 9.34. The van der Waals surface area contributed by atoms with Crippen molar-refractivity contribution in [3.63, 3.8) is 0 Å². The topological polar surface area (TPSA) is 104 Å². The molecule has 0 radical (unpaired) electrons. The summed E-state index contributed by atoms with van der Waals surface area (Å²) in [4.78, 5) is 29.5. The van der Waals surface area contributed by atoms with Crippen LogP contribution in [-0.4, -0.2) is 38.7 Å². The zero-order valence-corrected chi connectivity index (χ0v) is 16.7. The number of allylic oxidation sites excluding steroid dienone is 5. The highest BCUT2D eigenvalue weighted by atomic mass is 19.1. The summed E-state index contributed by atoms with van der Waals surface area (Å²) in [6, 6.07) is 0. The van der Waals surface area contributed by atoms with Crippen molar-refractivity contribution in [1.29, 1.82) is 0 Å². The van der Waals surface area contributed by atoms with Gasteiger partial charge >= 0.3 is 0 Å². The first-order valence-electron chi connectivity index (χ1n) is 9.34. The number of nitrogens with one attached hydrogen (secondary N) is 1. The van der Waals surface area contributed by atoms with E-state index in [1.165, 1.54) is 16.6 Å². The summed E-state index contributed by atoms with van der Waals surface area (Å²) in [5.74, 6) is -1.67. The molecule has 0 bridgehead atoms. The summed E-state index contributed by atoms with van der Waals surface area (Å²) in [6.07, 6.45) is 7.73. The van der Waals surface area contributed by atoms with Gasteiger partial charge in [-0.05, 0) is 37.5 Å². The van der Waals surface area contributed by atoms with E-state index in [1.54, 1.807) is 25.4 Å². The average molecular weight is 411 g/mol. The van der Waals surface area contributed by atoms with Crippen LogP contribution in [0.1, 0.15) is 28.4 Å². The number of halogens is 1. The molecule has 156 valence electrons. The Bertz CT molecular complexity index is 1260. The molecule has 30 heavy (non-hydrogen) atoms. The van der Waals surface area contributed by atoms with Crippen LogP contribution in [0.15, 0.2) is 53.4 Å². The normalized spacial score (nSPS) is 12.3. The third-order valence-electron chi connectivity index (χ3n) is 4.78. The highest BCUT2D eigenvalue weighted by molar-refractivity contribution is 6.06. The maximum absolute atomic E-state index is 13.3. The largest absolute Gasteiger partial charge is 0.505 e. The summed E-state index contributed by atoms with van der Waals surface area (Å²) in [5.41, 5.74) is 1.58. The Morgan fingerprint density at radius 1 is 1.40 bits per heavy atom. The van der Waals surface area contributed by atoms with Crippen LogP contribution in [0.25, 0.3) is 16.4 Å². The molecule has 1 amide bonds. The fourth-order valence-electron chi connectivity index (χ4n) is 3.40. The number of hydrogen-bond donors (Lipinski definition) is 3. The van der Waals surface area contributed by atoms with Crippen LogP contribution in [0, 0.1) is 6.92 Å². The molecule has 3 heterocycles. The Morgan fingerprint density at radius 2 is 2.13 bits per heavy atom. The fraction of sp³-hybridized carbons (Fsp3) is 0.227. The lowest BCUT2D eigenvalue weighted by atomic mass is 10.0. The van der Waals surface area contributed by atoms with Gasteiger partial charge in [0, 0.05) is 24.3 Å². The molecule has 0 saturated heterocycles. The van der Waals surface area contributed by atoms with Crippen LogP contribution in [-0.2, 0) is 6.42 Å². The minimum absolute atomic E-state index is 0.0499. The van der Waals surface area contributed by atoms with E-state index in [0.29, 0.717) is 17.5 Å². The van der Waals surface area contributed by atoms with E-state index < -0.39 is 22.8 Å². The molecule has 3 rings (SSSR count). The Hall–Kier alpha value is -3.52. The number of aliphatic hydroxyl groups excluding tert-OH is 1. The van der Waals surface area contributed by atoms with Gasteiger partial charge in [0.25, 0.3) is 11.5 Å². The second-order valence-corrected chi connectivity index (χ2v) is 6.89. The number of aromatic nitrogens is 2. The lowest BCUT2D eigenvalue weighted by Gasteiger charge is -2.11. The van der Waals surface area contributed by atoms with E-state index in [1.807, 2.05) is 6.92 Å². The zero-order valence-electron chi connectivity index (χ0n) is 16.7. The van der Waals surface area contributed by atoms with E-state index in [9.17, 15) is 19.1 Å². The molecule has 0 aliphatic rings. The second-order valence-electron chi connectivity index (χ2n) is 6.89. The minimum atomic E-state index is -0.785.